The molecule has 3 heterocycles. The summed E-state index contributed by atoms with van der Waals surface area (Å²) in [5.74, 6) is 1.43. The van der Waals surface area contributed by atoms with Crippen molar-refractivity contribution in [3.8, 4) is 0 Å². The molecule has 1 aromatic carbocycles. The molecular weight excluding hydrogens is 332 g/mol. The van der Waals surface area contributed by atoms with Gasteiger partial charge in [-0.3, -0.25) is 4.79 Å². The number of aromatic nitrogens is 3. The number of amides is 1. The highest BCUT2D eigenvalue weighted by Gasteiger charge is 2.27. The minimum Gasteiger partial charge on any atom is -0.340 e. The quantitative estimate of drug-likeness (QED) is 0.723. The molecule has 25 heavy (non-hydrogen) atoms. The first kappa shape index (κ1) is 16.3. The van der Waals surface area contributed by atoms with Gasteiger partial charge in [0.2, 0.25) is 5.91 Å². The smallest absolute Gasteiger partial charge is 0.242 e. The molecule has 0 bridgehead atoms. The SMILES string of the molecule is Cc1cnc([C@H]2CCCN(C(=O)Cn3c(C)nc4ccccc43)C2)s1. The molecule has 0 aliphatic carbocycles. The average Bonchev–Trinajstić information content (AvgIpc) is 3.19. The molecule has 1 aliphatic heterocycles. The van der Waals surface area contributed by atoms with E-state index in [1.165, 1.54) is 9.88 Å². The third-order valence-electron chi connectivity index (χ3n) is 4.90. The number of likely N-dealkylation sites (tertiary alicyclic amines) is 1. The predicted molar refractivity (Wildman–Crippen MR) is 99.9 cm³/mol. The summed E-state index contributed by atoms with van der Waals surface area (Å²) in [6.45, 7) is 6.02. The summed E-state index contributed by atoms with van der Waals surface area (Å²) in [5.41, 5.74) is 1.97. The van der Waals surface area contributed by atoms with Gasteiger partial charge in [-0.05, 0) is 38.8 Å². The summed E-state index contributed by atoms with van der Waals surface area (Å²) in [4.78, 5) is 25.2. The molecule has 0 N–H and O–H groups in total. The predicted octanol–water partition coefficient (Wildman–Crippen LogP) is 3.52. The van der Waals surface area contributed by atoms with Crippen LogP contribution in [0.5, 0.6) is 0 Å². The van der Waals surface area contributed by atoms with Gasteiger partial charge in [0, 0.05) is 30.1 Å². The Morgan fingerprint density at radius 3 is 2.96 bits per heavy atom. The molecule has 0 saturated carbocycles. The van der Waals surface area contributed by atoms with Crippen LogP contribution in [0.3, 0.4) is 0 Å². The fraction of sp³-hybridized carbons (Fsp3) is 0.421. The van der Waals surface area contributed by atoms with Gasteiger partial charge in [0.05, 0.1) is 16.0 Å². The Hall–Kier alpha value is -2.21. The van der Waals surface area contributed by atoms with Gasteiger partial charge in [-0.1, -0.05) is 12.1 Å². The number of thiazole rings is 1. The number of hydrogen-bond donors (Lipinski definition) is 0. The van der Waals surface area contributed by atoms with Gasteiger partial charge in [0.25, 0.3) is 0 Å². The maximum absolute atomic E-state index is 12.9. The number of rotatable bonds is 3. The first-order valence-corrected chi connectivity index (χ1v) is 9.55. The number of carbonyl (C=O) groups excluding carboxylic acids is 1. The zero-order chi connectivity index (χ0) is 17.4. The van der Waals surface area contributed by atoms with Gasteiger partial charge in [-0.25, -0.2) is 9.97 Å². The second kappa shape index (κ2) is 6.59. The molecule has 1 aliphatic rings. The van der Waals surface area contributed by atoms with Crippen molar-refractivity contribution in [2.45, 2.75) is 39.2 Å². The second-order valence-electron chi connectivity index (χ2n) is 6.72. The Labute approximate surface area is 151 Å². The number of imidazole rings is 1. The van der Waals surface area contributed by atoms with Crippen molar-refractivity contribution in [1.29, 1.82) is 0 Å². The molecule has 130 valence electrons. The first-order valence-electron chi connectivity index (χ1n) is 8.74. The fourth-order valence-corrected chi connectivity index (χ4v) is 4.50. The van der Waals surface area contributed by atoms with Gasteiger partial charge in [0.15, 0.2) is 0 Å². The molecule has 1 amide bonds. The zero-order valence-electron chi connectivity index (χ0n) is 14.6. The van der Waals surface area contributed by atoms with E-state index in [9.17, 15) is 4.79 Å². The molecule has 2 aromatic heterocycles. The second-order valence-corrected chi connectivity index (χ2v) is 7.99. The lowest BCUT2D eigenvalue weighted by Gasteiger charge is -2.32. The van der Waals surface area contributed by atoms with E-state index in [1.54, 1.807) is 11.3 Å². The molecule has 0 unspecified atom stereocenters. The van der Waals surface area contributed by atoms with E-state index >= 15 is 0 Å². The van der Waals surface area contributed by atoms with Crippen molar-refractivity contribution in [2.24, 2.45) is 0 Å². The monoisotopic (exact) mass is 354 g/mol. The van der Waals surface area contributed by atoms with E-state index in [0.717, 1.165) is 42.8 Å². The minimum atomic E-state index is 0.171. The Kier molecular flexibility index (Phi) is 4.29. The molecule has 0 radical (unpaired) electrons. The van der Waals surface area contributed by atoms with Gasteiger partial charge < -0.3 is 9.47 Å². The standard InChI is InChI=1S/C19H22N4OS/c1-13-10-20-19(25-13)15-6-5-9-22(11-15)18(24)12-23-14(2)21-16-7-3-4-8-17(16)23/h3-4,7-8,10,15H,5-6,9,11-12H2,1-2H3/t15-/m0/s1. The number of nitrogens with zero attached hydrogens (tertiary/aromatic N) is 4. The Morgan fingerprint density at radius 1 is 1.32 bits per heavy atom. The largest absolute Gasteiger partial charge is 0.340 e. The molecule has 1 atom stereocenters. The summed E-state index contributed by atoms with van der Waals surface area (Å²) in [6.07, 6.45) is 4.09. The van der Waals surface area contributed by atoms with Crippen LogP contribution in [0.15, 0.2) is 30.5 Å². The van der Waals surface area contributed by atoms with E-state index in [1.807, 2.05) is 46.9 Å². The van der Waals surface area contributed by atoms with E-state index < -0.39 is 0 Å². The summed E-state index contributed by atoms with van der Waals surface area (Å²) >= 11 is 1.75. The van der Waals surface area contributed by atoms with Crippen molar-refractivity contribution >= 4 is 28.3 Å². The molecule has 3 aromatic rings. The number of para-hydroxylation sites is 2. The first-order chi connectivity index (χ1) is 12.1. The highest BCUT2D eigenvalue weighted by molar-refractivity contribution is 7.11. The minimum absolute atomic E-state index is 0.171. The highest BCUT2D eigenvalue weighted by Crippen LogP contribution is 2.30. The maximum Gasteiger partial charge on any atom is 0.242 e. The van der Waals surface area contributed by atoms with Crippen LogP contribution in [-0.4, -0.2) is 38.4 Å². The third-order valence-corrected chi connectivity index (χ3v) is 5.98. The number of carbonyl (C=O) groups is 1. The fourth-order valence-electron chi connectivity index (χ4n) is 3.60. The Morgan fingerprint density at radius 2 is 2.16 bits per heavy atom. The number of aryl methyl sites for hydroxylation is 2. The van der Waals surface area contributed by atoms with E-state index in [0.29, 0.717) is 12.5 Å². The van der Waals surface area contributed by atoms with E-state index in [-0.39, 0.29) is 5.91 Å². The topological polar surface area (TPSA) is 51.0 Å². The van der Waals surface area contributed by atoms with Crippen LogP contribution < -0.4 is 0 Å². The van der Waals surface area contributed by atoms with E-state index in [2.05, 4.69) is 16.9 Å². The van der Waals surface area contributed by atoms with Crippen LogP contribution in [0.2, 0.25) is 0 Å². The van der Waals surface area contributed by atoms with Crippen LogP contribution in [-0.2, 0) is 11.3 Å². The van der Waals surface area contributed by atoms with Gasteiger partial charge in [-0.15, -0.1) is 11.3 Å². The van der Waals surface area contributed by atoms with Crippen molar-refractivity contribution < 1.29 is 4.79 Å². The van der Waals surface area contributed by atoms with Crippen molar-refractivity contribution in [2.75, 3.05) is 13.1 Å². The summed E-state index contributed by atoms with van der Waals surface area (Å²) < 4.78 is 2.02. The van der Waals surface area contributed by atoms with Crippen molar-refractivity contribution in [3.05, 3.63) is 46.2 Å². The summed E-state index contributed by atoms with van der Waals surface area (Å²) in [6, 6.07) is 7.99. The molecule has 1 fully saturated rings. The summed E-state index contributed by atoms with van der Waals surface area (Å²) in [5, 5.41) is 1.17. The molecular formula is C19H22N4OS. The van der Waals surface area contributed by atoms with Crippen molar-refractivity contribution in [1.82, 2.24) is 19.4 Å². The van der Waals surface area contributed by atoms with Crippen molar-refractivity contribution in [3.63, 3.8) is 0 Å². The Balaban J connectivity index is 1.51. The summed E-state index contributed by atoms with van der Waals surface area (Å²) in [7, 11) is 0. The van der Waals surface area contributed by atoms with Gasteiger partial charge in [0.1, 0.15) is 12.4 Å². The lowest BCUT2D eigenvalue weighted by Crippen LogP contribution is -2.40. The maximum atomic E-state index is 12.9. The number of piperidine rings is 1. The lowest BCUT2D eigenvalue weighted by molar-refractivity contribution is -0.133. The van der Waals surface area contributed by atoms with E-state index in [4.69, 9.17) is 0 Å². The van der Waals surface area contributed by atoms with Crippen LogP contribution in [0, 0.1) is 13.8 Å². The molecule has 6 heteroatoms. The number of benzene rings is 1. The van der Waals surface area contributed by atoms with Crippen LogP contribution in [0.4, 0.5) is 0 Å². The number of fused-ring (bicyclic) bond motifs is 1. The molecule has 5 nitrogen and oxygen atoms in total. The normalized spacial score (nSPS) is 18.0. The molecule has 4 rings (SSSR count). The highest BCUT2D eigenvalue weighted by atomic mass is 32.1. The Bertz CT molecular complexity index is 913. The molecule has 0 spiro atoms. The average molecular weight is 354 g/mol. The number of hydrogen-bond acceptors (Lipinski definition) is 4. The molecule has 1 saturated heterocycles. The van der Waals surface area contributed by atoms with Gasteiger partial charge >= 0.3 is 0 Å². The van der Waals surface area contributed by atoms with Crippen LogP contribution in [0.1, 0.15) is 34.5 Å². The van der Waals surface area contributed by atoms with Gasteiger partial charge in [-0.2, -0.15) is 0 Å². The lowest BCUT2D eigenvalue weighted by atomic mass is 9.98. The van der Waals surface area contributed by atoms with Crippen LogP contribution >= 0.6 is 11.3 Å². The zero-order valence-corrected chi connectivity index (χ0v) is 15.4. The third kappa shape index (κ3) is 3.18. The van der Waals surface area contributed by atoms with Crippen LogP contribution in [0.25, 0.3) is 11.0 Å².